The van der Waals surface area contributed by atoms with Crippen molar-refractivity contribution in [2.45, 2.75) is 25.4 Å². The minimum absolute atomic E-state index is 0.117. The largest absolute Gasteiger partial charge is 0.502 e. The molecule has 0 radical (unpaired) electrons. The minimum atomic E-state index is -0.649. The van der Waals surface area contributed by atoms with Crippen molar-refractivity contribution < 1.29 is 19.0 Å². The van der Waals surface area contributed by atoms with Gasteiger partial charge in [-0.05, 0) is 30.2 Å². The highest BCUT2D eigenvalue weighted by Crippen LogP contribution is 2.41. The number of aromatic hydroxyl groups is 1. The van der Waals surface area contributed by atoms with E-state index in [0.717, 1.165) is 5.56 Å². The van der Waals surface area contributed by atoms with Crippen molar-refractivity contribution in [3.8, 4) is 11.5 Å². The summed E-state index contributed by atoms with van der Waals surface area (Å²) in [5.74, 6) is -1.51. The zero-order valence-corrected chi connectivity index (χ0v) is 19.7. The fourth-order valence-electron chi connectivity index (χ4n) is 4.68. The normalized spacial score (nSPS) is 20.4. The monoisotopic (exact) mass is 495 g/mol. The standard InChI is InChI=1S/C26H23ClFN3O4/c1-2-17-9-6-14-35-25-18(10-11-19(28)21(25)27)22(16-7-4-3-5-8-16)31-15-29(17)26(34)23-24(33)20(32)12-13-30(23)31/h3-13,17,22,33H,2,14-15H2,1H3/b9-6-/t17-,22-/m1/s1. The van der Waals surface area contributed by atoms with E-state index in [4.69, 9.17) is 16.3 Å². The number of nitrogens with zero attached hydrogens (tertiary/aromatic N) is 3. The molecule has 1 aromatic heterocycles. The summed E-state index contributed by atoms with van der Waals surface area (Å²) in [4.78, 5) is 27.5. The van der Waals surface area contributed by atoms with Gasteiger partial charge >= 0.3 is 0 Å². The molecule has 0 saturated heterocycles. The highest BCUT2D eigenvalue weighted by molar-refractivity contribution is 6.32. The molecule has 2 aromatic carbocycles. The lowest BCUT2D eigenvalue weighted by Crippen LogP contribution is -2.57. The zero-order chi connectivity index (χ0) is 24.7. The Hall–Kier alpha value is -3.78. The molecular formula is C26H23ClFN3O4. The van der Waals surface area contributed by atoms with Crippen molar-refractivity contribution in [1.29, 1.82) is 0 Å². The molecule has 2 aliphatic rings. The Kier molecular flexibility index (Phi) is 5.98. The molecule has 0 spiro atoms. The number of pyridine rings is 1. The number of ether oxygens (including phenoxy) is 1. The van der Waals surface area contributed by atoms with Crippen LogP contribution in [0.15, 0.2) is 71.7 Å². The molecule has 1 amide bonds. The lowest BCUT2D eigenvalue weighted by Gasteiger charge is -2.45. The first-order chi connectivity index (χ1) is 16.9. The Morgan fingerprint density at radius 3 is 2.66 bits per heavy atom. The summed E-state index contributed by atoms with van der Waals surface area (Å²) >= 11 is 6.39. The highest BCUT2D eigenvalue weighted by Gasteiger charge is 2.39. The Morgan fingerprint density at radius 2 is 1.91 bits per heavy atom. The third-order valence-corrected chi connectivity index (χ3v) is 6.73. The summed E-state index contributed by atoms with van der Waals surface area (Å²) in [6.45, 7) is 2.19. The number of hydrogen-bond acceptors (Lipinski definition) is 5. The van der Waals surface area contributed by atoms with Gasteiger partial charge in [-0.15, -0.1) is 0 Å². The van der Waals surface area contributed by atoms with Crippen LogP contribution in [0.1, 0.15) is 41.0 Å². The van der Waals surface area contributed by atoms with Gasteiger partial charge in [-0.3, -0.25) is 19.3 Å². The van der Waals surface area contributed by atoms with Gasteiger partial charge in [-0.25, -0.2) is 4.39 Å². The molecule has 1 N–H and O–H groups in total. The van der Waals surface area contributed by atoms with Gasteiger partial charge in [0.25, 0.3) is 5.91 Å². The van der Waals surface area contributed by atoms with Crippen LogP contribution in [-0.2, 0) is 0 Å². The van der Waals surface area contributed by atoms with Crippen LogP contribution in [0.25, 0.3) is 0 Å². The second-order valence-electron chi connectivity index (χ2n) is 8.39. The summed E-state index contributed by atoms with van der Waals surface area (Å²) in [7, 11) is 0. The number of carbonyl (C=O) groups excluding carboxylic acids is 1. The average molecular weight is 496 g/mol. The fourth-order valence-corrected chi connectivity index (χ4v) is 4.90. The molecule has 35 heavy (non-hydrogen) atoms. The number of halogens is 2. The molecule has 3 aromatic rings. The zero-order valence-electron chi connectivity index (χ0n) is 18.9. The van der Waals surface area contributed by atoms with Gasteiger partial charge in [0.1, 0.15) is 35.9 Å². The van der Waals surface area contributed by atoms with E-state index < -0.39 is 28.9 Å². The molecule has 0 saturated carbocycles. The van der Waals surface area contributed by atoms with Crippen LogP contribution in [0.2, 0.25) is 5.02 Å². The molecule has 0 aliphatic carbocycles. The Morgan fingerprint density at radius 1 is 1.14 bits per heavy atom. The van der Waals surface area contributed by atoms with Crippen LogP contribution in [0.3, 0.4) is 0 Å². The molecule has 9 heteroatoms. The predicted octanol–water partition coefficient (Wildman–Crippen LogP) is 4.21. The number of amides is 1. The van der Waals surface area contributed by atoms with E-state index in [1.807, 2.05) is 48.3 Å². The smallest absolute Gasteiger partial charge is 0.278 e. The number of aromatic nitrogens is 1. The van der Waals surface area contributed by atoms with Gasteiger partial charge in [0.15, 0.2) is 11.4 Å². The van der Waals surface area contributed by atoms with E-state index in [2.05, 4.69) is 0 Å². The number of benzene rings is 2. The second-order valence-corrected chi connectivity index (χ2v) is 8.76. The minimum Gasteiger partial charge on any atom is -0.502 e. The topological polar surface area (TPSA) is 75.0 Å². The van der Waals surface area contributed by atoms with E-state index in [1.54, 1.807) is 17.0 Å². The van der Waals surface area contributed by atoms with Crippen molar-refractivity contribution in [1.82, 2.24) is 9.58 Å². The van der Waals surface area contributed by atoms with Crippen LogP contribution >= 0.6 is 11.6 Å². The summed E-state index contributed by atoms with van der Waals surface area (Å²) in [6, 6.07) is 12.6. The molecular weight excluding hydrogens is 473 g/mol. The van der Waals surface area contributed by atoms with Gasteiger partial charge in [-0.2, -0.15) is 0 Å². The third kappa shape index (κ3) is 3.83. The van der Waals surface area contributed by atoms with Crippen LogP contribution in [0.4, 0.5) is 4.39 Å². The molecule has 2 aliphatic heterocycles. The Bertz CT molecular complexity index is 1380. The Balaban J connectivity index is 1.84. The van der Waals surface area contributed by atoms with E-state index in [-0.39, 0.29) is 35.8 Å². The number of hydrogen-bond donors (Lipinski definition) is 1. The summed E-state index contributed by atoms with van der Waals surface area (Å²) in [5.41, 5.74) is 0.610. The molecule has 7 nitrogen and oxygen atoms in total. The average Bonchev–Trinajstić information content (AvgIpc) is 2.89. The SMILES string of the molecule is CC[C@@H]1/C=C\COc2c(ccc(F)c2Cl)[C@@H](c2ccccc2)N2CN1C(=O)c1c(O)c(=O)ccn12. The predicted molar refractivity (Wildman–Crippen MR) is 130 cm³/mol. The first-order valence-electron chi connectivity index (χ1n) is 11.3. The van der Waals surface area contributed by atoms with Crippen molar-refractivity contribution in [2.24, 2.45) is 0 Å². The lowest BCUT2D eigenvalue weighted by atomic mass is 9.96. The molecule has 0 fully saturated rings. The molecule has 180 valence electrons. The quantitative estimate of drug-likeness (QED) is 0.539. The second kappa shape index (κ2) is 9.11. The van der Waals surface area contributed by atoms with E-state index in [9.17, 15) is 19.1 Å². The summed E-state index contributed by atoms with van der Waals surface area (Å²) in [6.07, 6.45) is 5.64. The van der Waals surface area contributed by atoms with Crippen LogP contribution in [0.5, 0.6) is 11.5 Å². The van der Waals surface area contributed by atoms with Gasteiger partial charge in [0.2, 0.25) is 5.43 Å². The fraction of sp³-hybridized carbons (Fsp3) is 0.231. The maximum absolute atomic E-state index is 14.5. The first-order valence-corrected chi connectivity index (χ1v) is 11.6. The van der Waals surface area contributed by atoms with Crippen LogP contribution < -0.4 is 15.2 Å². The summed E-state index contributed by atoms with van der Waals surface area (Å²) < 4.78 is 22.0. The van der Waals surface area contributed by atoms with Gasteiger partial charge < -0.3 is 14.7 Å². The van der Waals surface area contributed by atoms with Gasteiger partial charge in [-0.1, -0.05) is 54.9 Å². The van der Waals surface area contributed by atoms with E-state index in [0.29, 0.717) is 12.0 Å². The first kappa shape index (κ1) is 23.0. The molecule has 2 atom stereocenters. The maximum Gasteiger partial charge on any atom is 0.278 e. The third-order valence-electron chi connectivity index (χ3n) is 6.38. The van der Waals surface area contributed by atoms with Crippen LogP contribution in [0, 0.1) is 5.82 Å². The van der Waals surface area contributed by atoms with E-state index >= 15 is 0 Å². The molecule has 2 bridgehead atoms. The molecule has 5 rings (SSSR count). The van der Waals surface area contributed by atoms with Crippen molar-refractivity contribution in [3.05, 3.63) is 105 Å². The van der Waals surface area contributed by atoms with Gasteiger partial charge in [0, 0.05) is 17.8 Å². The highest BCUT2D eigenvalue weighted by atomic mass is 35.5. The maximum atomic E-state index is 14.5. The van der Waals surface area contributed by atoms with Crippen LogP contribution in [-0.4, -0.2) is 39.9 Å². The summed E-state index contributed by atoms with van der Waals surface area (Å²) in [5, 5.41) is 12.4. The number of carbonyl (C=O) groups is 1. The van der Waals surface area contributed by atoms with Crippen molar-refractivity contribution in [2.75, 3.05) is 18.3 Å². The van der Waals surface area contributed by atoms with Crippen molar-refractivity contribution >= 4 is 17.5 Å². The van der Waals surface area contributed by atoms with Gasteiger partial charge in [0.05, 0.1) is 6.04 Å². The van der Waals surface area contributed by atoms with Crippen molar-refractivity contribution in [3.63, 3.8) is 0 Å². The molecule has 3 heterocycles. The number of fused-ring (bicyclic) bond motifs is 5. The number of rotatable bonds is 2. The van der Waals surface area contributed by atoms with E-state index in [1.165, 1.54) is 23.0 Å². The lowest BCUT2D eigenvalue weighted by molar-refractivity contribution is 0.0626. The molecule has 0 unspecified atom stereocenters. The Labute approximate surface area is 206 Å².